The van der Waals surface area contributed by atoms with Gasteiger partial charge in [0.1, 0.15) is 0 Å². The van der Waals surface area contributed by atoms with E-state index in [0.717, 1.165) is 27.9 Å². The highest BCUT2D eigenvalue weighted by atomic mass is 79.9. The molecule has 0 N–H and O–H groups in total. The maximum Gasteiger partial charge on any atom is 0.168 e. The molecule has 4 heteroatoms. The lowest BCUT2D eigenvalue weighted by molar-refractivity contribution is 0.834. The van der Waals surface area contributed by atoms with E-state index in [9.17, 15) is 0 Å². The Morgan fingerprint density at radius 3 is 3.00 bits per heavy atom. The van der Waals surface area contributed by atoms with Crippen LogP contribution in [0.2, 0.25) is 0 Å². The Morgan fingerprint density at radius 2 is 2.31 bits per heavy atom. The number of hydrogen-bond donors (Lipinski definition) is 0. The maximum atomic E-state index is 4.39. The summed E-state index contributed by atoms with van der Waals surface area (Å²) in [6.07, 6.45) is 2.82. The Morgan fingerprint density at radius 1 is 1.54 bits per heavy atom. The molecular formula is C9H10BrN3. The first kappa shape index (κ1) is 8.69. The van der Waals surface area contributed by atoms with E-state index in [1.165, 1.54) is 0 Å². The summed E-state index contributed by atoms with van der Waals surface area (Å²) in [6, 6.07) is 1.97. The van der Waals surface area contributed by atoms with Gasteiger partial charge in [0.2, 0.25) is 0 Å². The van der Waals surface area contributed by atoms with Crippen molar-refractivity contribution in [1.29, 1.82) is 0 Å². The molecule has 2 rings (SSSR count). The van der Waals surface area contributed by atoms with Crippen molar-refractivity contribution in [2.24, 2.45) is 0 Å². The molecule has 68 valence electrons. The van der Waals surface area contributed by atoms with Crippen molar-refractivity contribution in [1.82, 2.24) is 14.6 Å². The van der Waals surface area contributed by atoms with E-state index in [2.05, 4.69) is 32.9 Å². The van der Waals surface area contributed by atoms with Gasteiger partial charge in [0.15, 0.2) is 5.65 Å². The van der Waals surface area contributed by atoms with Gasteiger partial charge in [-0.25, -0.2) is 9.50 Å². The van der Waals surface area contributed by atoms with Crippen molar-refractivity contribution in [3.8, 4) is 0 Å². The maximum absolute atomic E-state index is 4.39. The Hall–Kier alpha value is -0.900. The van der Waals surface area contributed by atoms with E-state index in [-0.39, 0.29) is 0 Å². The monoisotopic (exact) mass is 239 g/mol. The summed E-state index contributed by atoms with van der Waals surface area (Å²) in [5.41, 5.74) is 3.02. The molecule has 0 bridgehead atoms. The second-order valence-electron chi connectivity index (χ2n) is 2.97. The van der Waals surface area contributed by atoms with E-state index >= 15 is 0 Å². The molecule has 0 amide bonds. The molecule has 0 unspecified atom stereocenters. The second kappa shape index (κ2) is 3.10. The van der Waals surface area contributed by atoms with Gasteiger partial charge in [0, 0.05) is 0 Å². The van der Waals surface area contributed by atoms with Gasteiger partial charge in [0.25, 0.3) is 0 Å². The third kappa shape index (κ3) is 1.35. The fraction of sp³-hybridized carbons (Fsp3) is 0.333. The first-order valence-corrected chi connectivity index (χ1v) is 5.01. The van der Waals surface area contributed by atoms with Gasteiger partial charge >= 0.3 is 0 Å². The zero-order valence-electron chi connectivity index (χ0n) is 7.58. The zero-order valence-corrected chi connectivity index (χ0v) is 9.17. The molecule has 0 fully saturated rings. The highest BCUT2D eigenvalue weighted by Crippen LogP contribution is 2.17. The Kier molecular flexibility index (Phi) is 2.07. The Bertz CT molecular complexity index is 447. The van der Waals surface area contributed by atoms with E-state index in [4.69, 9.17) is 0 Å². The molecule has 3 nitrogen and oxygen atoms in total. The number of aromatic nitrogens is 3. The molecule has 2 aromatic rings. The average molecular weight is 240 g/mol. The van der Waals surface area contributed by atoms with Gasteiger partial charge in [-0.3, -0.25) is 0 Å². The van der Waals surface area contributed by atoms with Gasteiger partial charge in [0.05, 0.1) is 22.1 Å². The fourth-order valence-corrected chi connectivity index (χ4v) is 1.93. The van der Waals surface area contributed by atoms with E-state index in [1.54, 1.807) is 0 Å². The Labute approximate surface area is 84.9 Å². The minimum absolute atomic E-state index is 0.891. The van der Waals surface area contributed by atoms with Crippen LogP contribution in [0.25, 0.3) is 5.65 Å². The van der Waals surface area contributed by atoms with Gasteiger partial charge in [-0.2, -0.15) is 5.10 Å². The number of fused-ring (bicyclic) bond motifs is 1. The molecule has 0 saturated heterocycles. The number of halogens is 1. The van der Waals surface area contributed by atoms with Crippen LogP contribution in [-0.4, -0.2) is 14.6 Å². The van der Waals surface area contributed by atoms with Gasteiger partial charge in [-0.05, 0) is 35.3 Å². The van der Waals surface area contributed by atoms with Crippen molar-refractivity contribution >= 4 is 21.6 Å². The third-order valence-electron chi connectivity index (χ3n) is 1.98. The lowest BCUT2D eigenvalue weighted by Gasteiger charge is -2.00. The molecule has 13 heavy (non-hydrogen) atoms. The topological polar surface area (TPSA) is 30.2 Å². The summed E-state index contributed by atoms with van der Waals surface area (Å²) in [7, 11) is 0. The molecule has 2 aromatic heterocycles. The number of imidazole rings is 1. The van der Waals surface area contributed by atoms with Crippen molar-refractivity contribution < 1.29 is 0 Å². The summed E-state index contributed by atoms with van der Waals surface area (Å²) < 4.78 is 2.89. The normalized spacial score (nSPS) is 11.0. The van der Waals surface area contributed by atoms with Gasteiger partial charge in [-0.15, -0.1) is 0 Å². The molecule has 0 saturated carbocycles. The molecule has 0 aromatic carbocycles. The molecule has 0 atom stereocenters. The minimum Gasteiger partial charge on any atom is -0.234 e. The first-order valence-electron chi connectivity index (χ1n) is 4.22. The standard InChI is InChI=1S/C9H10BrN3/c1-3-7-5-11-9-8(10)4-6(2)12-13(7)9/h4-5H,3H2,1-2H3. The summed E-state index contributed by atoms with van der Waals surface area (Å²) in [4.78, 5) is 4.28. The van der Waals surface area contributed by atoms with Crippen LogP contribution in [0, 0.1) is 6.92 Å². The predicted molar refractivity (Wildman–Crippen MR) is 54.8 cm³/mol. The zero-order chi connectivity index (χ0) is 9.42. The highest BCUT2D eigenvalue weighted by molar-refractivity contribution is 9.10. The first-order chi connectivity index (χ1) is 6.22. The molecular weight excluding hydrogens is 230 g/mol. The average Bonchev–Trinajstić information content (AvgIpc) is 2.47. The lowest BCUT2D eigenvalue weighted by Crippen LogP contribution is -1.98. The number of hydrogen-bond acceptors (Lipinski definition) is 2. The quantitative estimate of drug-likeness (QED) is 0.765. The van der Waals surface area contributed by atoms with Crippen LogP contribution in [0.3, 0.4) is 0 Å². The summed E-state index contributed by atoms with van der Waals surface area (Å²) in [5, 5.41) is 4.39. The second-order valence-corrected chi connectivity index (χ2v) is 3.83. The van der Waals surface area contributed by atoms with E-state index in [0.29, 0.717) is 0 Å². The summed E-state index contributed by atoms with van der Waals surface area (Å²) in [5.74, 6) is 0. The summed E-state index contributed by atoms with van der Waals surface area (Å²) in [6.45, 7) is 4.07. The predicted octanol–water partition coefficient (Wildman–Crippen LogP) is 2.36. The molecule has 0 aliphatic carbocycles. The third-order valence-corrected chi connectivity index (χ3v) is 2.56. The summed E-state index contributed by atoms with van der Waals surface area (Å²) >= 11 is 3.47. The molecule has 0 aliphatic rings. The van der Waals surface area contributed by atoms with Crippen molar-refractivity contribution in [3.63, 3.8) is 0 Å². The molecule has 0 spiro atoms. The van der Waals surface area contributed by atoms with Crippen LogP contribution in [-0.2, 0) is 6.42 Å². The van der Waals surface area contributed by atoms with Crippen LogP contribution in [0.4, 0.5) is 0 Å². The fourth-order valence-electron chi connectivity index (χ4n) is 1.33. The van der Waals surface area contributed by atoms with Gasteiger partial charge in [-0.1, -0.05) is 6.92 Å². The molecule has 0 radical (unpaired) electrons. The molecule has 0 aliphatic heterocycles. The van der Waals surface area contributed by atoms with E-state index in [1.807, 2.05) is 23.7 Å². The van der Waals surface area contributed by atoms with Crippen LogP contribution in [0.5, 0.6) is 0 Å². The highest BCUT2D eigenvalue weighted by Gasteiger charge is 2.06. The van der Waals surface area contributed by atoms with Crippen molar-refractivity contribution in [2.45, 2.75) is 20.3 Å². The van der Waals surface area contributed by atoms with Crippen LogP contribution < -0.4 is 0 Å². The largest absolute Gasteiger partial charge is 0.234 e. The number of nitrogens with zero attached hydrogens (tertiary/aromatic N) is 3. The lowest BCUT2D eigenvalue weighted by atomic mass is 10.4. The van der Waals surface area contributed by atoms with Crippen molar-refractivity contribution in [2.75, 3.05) is 0 Å². The van der Waals surface area contributed by atoms with Gasteiger partial charge < -0.3 is 0 Å². The van der Waals surface area contributed by atoms with Crippen molar-refractivity contribution in [3.05, 3.63) is 28.1 Å². The minimum atomic E-state index is 0.891. The smallest absolute Gasteiger partial charge is 0.168 e. The number of rotatable bonds is 1. The Balaban J connectivity index is 2.82. The number of aryl methyl sites for hydroxylation is 2. The molecule has 2 heterocycles. The van der Waals surface area contributed by atoms with Crippen LogP contribution in [0.15, 0.2) is 16.7 Å². The van der Waals surface area contributed by atoms with E-state index < -0.39 is 0 Å². The van der Waals surface area contributed by atoms with Crippen LogP contribution in [0.1, 0.15) is 18.3 Å². The van der Waals surface area contributed by atoms with Crippen LogP contribution >= 0.6 is 15.9 Å². The SMILES string of the molecule is CCc1cnc2c(Br)cc(C)nn12.